The van der Waals surface area contributed by atoms with Crippen LogP contribution in [0.2, 0.25) is 0 Å². The molecular formula is C19H30O7. The summed E-state index contributed by atoms with van der Waals surface area (Å²) in [6, 6.07) is 0. The molecule has 3 aliphatic heterocycles. The number of carbonyl (C=O) groups excluding carboxylic acids is 2. The van der Waals surface area contributed by atoms with E-state index in [1.54, 1.807) is 6.92 Å². The Hall–Kier alpha value is -1.18. The maximum atomic E-state index is 12.5. The van der Waals surface area contributed by atoms with E-state index in [2.05, 4.69) is 6.92 Å². The molecule has 0 spiro atoms. The van der Waals surface area contributed by atoms with Crippen molar-refractivity contribution in [1.82, 2.24) is 0 Å². The largest absolute Gasteiger partial charge is 0.469 e. The average Bonchev–Trinajstić information content (AvgIpc) is 2.71. The molecule has 3 rings (SSSR count). The van der Waals surface area contributed by atoms with Crippen LogP contribution in [0, 0.1) is 11.8 Å². The van der Waals surface area contributed by atoms with Crippen molar-refractivity contribution in [2.75, 3.05) is 7.11 Å². The zero-order valence-electron chi connectivity index (χ0n) is 16.0. The Morgan fingerprint density at radius 2 is 1.96 bits per heavy atom. The SMILES string of the molecule is COC(=O)[C@@H]1C[C@H]2OC(=O)CC[C@]2(C)O[C@H]1[C@H]1O[C@@](C)(O)CCC[C@H]1C. The Labute approximate surface area is 154 Å². The standard InChI is InChI=1S/C19H30O7/c1-11-6-5-8-19(3,22)26-15(11)16-12(17(21)23-4)10-13-18(2,25-16)9-7-14(20)24-13/h11-13,15-16,22H,5-10H2,1-4H3/t11-,12-,13-,15+,16-,18+,19-/m1/s1. The molecule has 148 valence electrons. The molecule has 3 fully saturated rings. The smallest absolute Gasteiger partial charge is 0.311 e. The first kappa shape index (κ1) is 19.6. The van der Waals surface area contributed by atoms with Gasteiger partial charge in [0.2, 0.25) is 0 Å². The van der Waals surface area contributed by atoms with Crippen LogP contribution in [0.4, 0.5) is 0 Å². The Kier molecular flexibility index (Phi) is 5.34. The summed E-state index contributed by atoms with van der Waals surface area (Å²) in [5, 5.41) is 10.5. The van der Waals surface area contributed by atoms with Crippen LogP contribution in [-0.4, -0.2) is 53.9 Å². The fourth-order valence-electron chi connectivity index (χ4n) is 4.50. The maximum Gasteiger partial charge on any atom is 0.311 e. The minimum Gasteiger partial charge on any atom is -0.469 e. The van der Waals surface area contributed by atoms with Crippen LogP contribution >= 0.6 is 0 Å². The van der Waals surface area contributed by atoms with Crippen molar-refractivity contribution in [3.63, 3.8) is 0 Å². The van der Waals surface area contributed by atoms with E-state index in [0.29, 0.717) is 25.7 Å². The van der Waals surface area contributed by atoms with E-state index >= 15 is 0 Å². The van der Waals surface area contributed by atoms with Crippen molar-refractivity contribution in [1.29, 1.82) is 0 Å². The lowest BCUT2D eigenvalue weighted by Crippen LogP contribution is -2.62. The zero-order valence-corrected chi connectivity index (χ0v) is 16.0. The van der Waals surface area contributed by atoms with Crippen LogP contribution in [0.3, 0.4) is 0 Å². The fourth-order valence-corrected chi connectivity index (χ4v) is 4.50. The van der Waals surface area contributed by atoms with Crippen molar-refractivity contribution in [3.05, 3.63) is 0 Å². The summed E-state index contributed by atoms with van der Waals surface area (Å²) in [5.74, 6) is -2.41. The van der Waals surface area contributed by atoms with E-state index in [-0.39, 0.29) is 11.9 Å². The van der Waals surface area contributed by atoms with Crippen molar-refractivity contribution >= 4 is 11.9 Å². The molecule has 7 nitrogen and oxygen atoms in total. The topological polar surface area (TPSA) is 91.3 Å². The summed E-state index contributed by atoms with van der Waals surface area (Å²) in [5.41, 5.74) is -0.662. The van der Waals surface area contributed by atoms with Gasteiger partial charge in [0, 0.05) is 19.3 Å². The summed E-state index contributed by atoms with van der Waals surface area (Å²) in [7, 11) is 1.34. The van der Waals surface area contributed by atoms with Gasteiger partial charge in [-0.2, -0.15) is 0 Å². The highest BCUT2D eigenvalue weighted by molar-refractivity contribution is 5.74. The van der Waals surface area contributed by atoms with Gasteiger partial charge in [0.05, 0.1) is 25.2 Å². The summed E-state index contributed by atoms with van der Waals surface area (Å²) in [6.45, 7) is 5.63. The molecule has 0 bridgehead atoms. The summed E-state index contributed by atoms with van der Waals surface area (Å²) >= 11 is 0. The number of methoxy groups -OCH3 is 1. The lowest BCUT2D eigenvalue weighted by Gasteiger charge is -2.51. The number of hydrogen-bond acceptors (Lipinski definition) is 7. The third kappa shape index (κ3) is 3.75. The highest BCUT2D eigenvalue weighted by Crippen LogP contribution is 2.45. The second-order valence-corrected chi connectivity index (χ2v) is 8.37. The predicted octanol–water partition coefficient (Wildman–Crippen LogP) is 1.94. The molecule has 0 saturated carbocycles. The monoisotopic (exact) mass is 370 g/mol. The molecule has 1 N–H and O–H groups in total. The number of carbonyl (C=O) groups is 2. The van der Waals surface area contributed by atoms with Gasteiger partial charge in [-0.1, -0.05) is 6.92 Å². The van der Waals surface area contributed by atoms with Crippen molar-refractivity contribution in [2.24, 2.45) is 11.8 Å². The van der Waals surface area contributed by atoms with Gasteiger partial charge >= 0.3 is 11.9 Å². The Balaban J connectivity index is 1.91. The van der Waals surface area contributed by atoms with E-state index in [1.165, 1.54) is 7.11 Å². The first-order chi connectivity index (χ1) is 12.1. The summed E-state index contributed by atoms with van der Waals surface area (Å²) in [4.78, 5) is 24.2. The first-order valence-corrected chi connectivity index (χ1v) is 9.50. The van der Waals surface area contributed by atoms with Gasteiger partial charge in [0.15, 0.2) is 5.79 Å². The molecule has 0 amide bonds. The number of fused-ring (bicyclic) bond motifs is 1. The average molecular weight is 370 g/mol. The van der Waals surface area contributed by atoms with Crippen LogP contribution in [0.1, 0.15) is 59.3 Å². The summed E-state index contributed by atoms with van der Waals surface area (Å²) in [6.07, 6.45) is 1.97. The van der Waals surface area contributed by atoms with Gasteiger partial charge in [-0.15, -0.1) is 0 Å². The van der Waals surface area contributed by atoms with Gasteiger partial charge < -0.3 is 24.1 Å². The lowest BCUT2D eigenvalue weighted by molar-refractivity contribution is -0.293. The van der Waals surface area contributed by atoms with E-state index in [4.69, 9.17) is 18.9 Å². The molecule has 7 heteroatoms. The molecule has 0 radical (unpaired) electrons. The third-order valence-corrected chi connectivity index (χ3v) is 6.13. The minimum atomic E-state index is -1.25. The molecule has 0 aliphatic carbocycles. The molecule has 3 aliphatic rings. The van der Waals surface area contributed by atoms with Gasteiger partial charge in [0.25, 0.3) is 0 Å². The van der Waals surface area contributed by atoms with E-state index < -0.39 is 41.6 Å². The molecule has 3 saturated heterocycles. The van der Waals surface area contributed by atoms with E-state index in [0.717, 1.165) is 12.8 Å². The van der Waals surface area contributed by atoms with Gasteiger partial charge in [-0.3, -0.25) is 9.59 Å². The number of aliphatic hydroxyl groups is 1. The second-order valence-electron chi connectivity index (χ2n) is 8.37. The van der Waals surface area contributed by atoms with Crippen molar-refractivity contribution < 1.29 is 33.6 Å². The number of hydrogen-bond donors (Lipinski definition) is 1. The molecule has 0 aromatic rings. The van der Waals surface area contributed by atoms with Crippen LogP contribution in [0.15, 0.2) is 0 Å². The predicted molar refractivity (Wildman–Crippen MR) is 91.0 cm³/mol. The van der Waals surface area contributed by atoms with Crippen LogP contribution in [0.5, 0.6) is 0 Å². The molecule has 3 heterocycles. The van der Waals surface area contributed by atoms with Crippen LogP contribution in [-0.2, 0) is 28.5 Å². The Morgan fingerprint density at radius 3 is 2.65 bits per heavy atom. The van der Waals surface area contributed by atoms with Gasteiger partial charge in [-0.05, 0) is 39.0 Å². The fraction of sp³-hybridized carbons (Fsp3) is 0.895. The molecule has 0 aromatic carbocycles. The van der Waals surface area contributed by atoms with Gasteiger partial charge in [0.1, 0.15) is 11.7 Å². The Bertz CT molecular complexity index is 560. The minimum absolute atomic E-state index is 0.118. The van der Waals surface area contributed by atoms with Crippen LogP contribution < -0.4 is 0 Å². The first-order valence-electron chi connectivity index (χ1n) is 9.50. The highest BCUT2D eigenvalue weighted by Gasteiger charge is 2.56. The highest BCUT2D eigenvalue weighted by atomic mass is 16.7. The number of ether oxygens (including phenoxy) is 4. The Morgan fingerprint density at radius 1 is 1.23 bits per heavy atom. The van der Waals surface area contributed by atoms with Crippen LogP contribution in [0.25, 0.3) is 0 Å². The van der Waals surface area contributed by atoms with E-state index in [9.17, 15) is 14.7 Å². The second kappa shape index (κ2) is 7.09. The molecule has 26 heavy (non-hydrogen) atoms. The lowest BCUT2D eigenvalue weighted by atomic mass is 9.76. The maximum absolute atomic E-state index is 12.5. The molecule has 0 unspecified atom stereocenters. The number of esters is 2. The normalized spacial score (nSPS) is 46.7. The molecule has 7 atom stereocenters. The van der Waals surface area contributed by atoms with E-state index in [1.807, 2.05) is 6.92 Å². The number of rotatable bonds is 2. The van der Waals surface area contributed by atoms with Gasteiger partial charge in [-0.25, -0.2) is 0 Å². The third-order valence-electron chi connectivity index (χ3n) is 6.13. The molecular weight excluding hydrogens is 340 g/mol. The quantitative estimate of drug-likeness (QED) is 0.743. The van der Waals surface area contributed by atoms with Crippen molar-refractivity contribution in [3.8, 4) is 0 Å². The van der Waals surface area contributed by atoms with Crippen molar-refractivity contribution in [2.45, 2.75) is 89.0 Å². The summed E-state index contributed by atoms with van der Waals surface area (Å²) < 4.78 is 22.9. The molecule has 0 aromatic heterocycles. The zero-order chi connectivity index (χ0) is 19.1.